The van der Waals surface area contributed by atoms with Crippen molar-refractivity contribution in [3.63, 3.8) is 0 Å². The van der Waals surface area contributed by atoms with Gasteiger partial charge < -0.3 is 10.4 Å². The van der Waals surface area contributed by atoms with Crippen molar-refractivity contribution in [2.45, 2.75) is 12.5 Å². The summed E-state index contributed by atoms with van der Waals surface area (Å²) in [6.45, 7) is 0. The summed E-state index contributed by atoms with van der Waals surface area (Å²) in [4.78, 5) is 23.3. The zero-order valence-electron chi connectivity index (χ0n) is 11.7. The van der Waals surface area contributed by atoms with E-state index in [1.165, 1.54) is 0 Å². The SMILES string of the molecule is O=C(N[C@@H](Cc1ccc(Br)cc1)C(=O)O)c1cc(F)cc(F)c1. The van der Waals surface area contributed by atoms with Gasteiger partial charge >= 0.3 is 5.97 Å². The summed E-state index contributed by atoms with van der Waals surface area (Å²) in [5, 5.41) is 11.5. The van der Waals surface area contributed by atoms with Crippen LogP contribution >= 0.6 is 15.9 Å². The van der Waals surface area contributed by atoms with Gasteiger partial charge in [0.2, 0.25) is 0 Å². The van der Waals surface area contributed by atoms with E-state index in [1.807, 2.05) is 0 Å². The Morgan fingerprint density at radius 1 is 1.09 bits per heavy atom. The van der Waals surface area contributed by atoms with Crippen molar-refractivity contribution in [3.8, 4) is 0 Å². The number of carboxylic acid groups (broad SMARTS) is 1. The zero-order valence-corrected chi connectivity index (χ0v) is 13.3. The predicted molar refractivity (Wildman–Crippen MR) is 83.1 cm³/mol. The molecule has 23 heavy (non-hydrogen) atoms. The molecule has 2 rings (SSSR count). The Kier molecular flexibility index (Phi) is 5.44. The molecular weight excluding hydrogens is 372 g/mol. The van der Waals surface area contributed by atoms with Crippen LogP contribution in [0.15, 0.2) is 46.9 Å². The van der Waals surface area contributed by atoms with E-state index in [-0.39, 0.29) is 12.0 Å². The van der Waals surface area contributed by atoms with Gasteiger partial charge in [-0.25, -0.2) is 13.6 Å². The van der Waals surface area contributed by atoms with Gasteiger partial charge in [-0.2, -0.15) is 0 Å². The summed E-state index contributed by atoms with van der Waals surface area (Å²) in [5.41, 5.74) is 0.427. The Morgan fingerprint density at radius 3 is 2.17 bits per heavy atom. The minimum Gasteiger partial charge on any atom is -0.480 e. The second-order valence-corrected chi connectivity index (χ2v) is 5.77. The summed E-state index contributed by atoms with van der Waals surface area (Å²) in [6.07, 6.45) is 0.0478. The average Bonchev–Trinajstić information content (AvgIpc) is 2.47. The van der Waals surface area contributed by atoms with Crippen LogP contribution < -0.4 is 5.32 Å². The van der Waals surface area contributed by atoms with E-state index in [0.29, 0.717) is 11.6 Å². The molecule has 2 aromatic rings. The van der Waals surface area contributed by atoms with Crippen molar-refractivity contribution in [1.82, 2.24) is 5.32 Å². The van der Waals surface area contributed by atoms with Crippen molar-refractivity contribution < 1.29 is 23.5 Å². The first-order valence-corrected chi connectivity index (χ1v) is 7.38. The third-order valence-electron chi connectivity index (χ3n) is 3.08. The van der Waals surface area contributed by atoms with Crippen LogP contribution in [0.5, 0.6) is 0 Å². The van der Waals surface area contributed by atoms with Crippen LogP contribution in [0.3, 0.4) is 0 Å². The van der Waals surface area contributed by atoms with E-state index in [9.17, 15) is 23.5 Å². The minimum absolute atomic E-state index is 0.0478. The summed E-state index contributed by atoms with van der Waals surface area (Å²) < 4.78 is 27.1. The first kappa shape index (κ1) is 17.1. The number of hydrogen-bond acceptors (Lipinski definition) is 2. The molecule has 7 heteroatoms. The molecule has 0 saturated carbocycles. The molecule has 0 saturated heterocycles. The average molecular weight is 384 g/mol. The van der Waals surface area contributed by atoms with Crippen molar-refractivity contribution >= 4 is 27.8 Å². The second kappa shape index (κ2) is 7.32. The van der Waals surface area contributed by atoms with Gasteiger partial charge in [0.05, 0.1) is 0 Å². The number of aliphatic carboxylic acids is 1. The summed E-state index contributed by atoms with van der Waals surface area (Å²) >= 11 is 3.27. The van der Waals surface area contributed by atoms with Crippen LogP contribution in [0.1, 0.15) is 15.9 Å². The molecule has 0 unspecified atom stereocenters. The molecule has 120 valence electrons. The van der Waals surface area contributed by atoms with E-state index in [2.05, 4.69) is 21.2 Å². The van der Waals surface area contributed by atoms with Crippen LogP contribution in [0.2, 0.25) is 0 Å². The van der Waals surface area contributed by atoms with Gasteiger partial charge in [0.1, 0.15) is 17.7 Å². The molecule has 0 heterocycles. The quantitative estimate of drug-likeness (QED) is 0.833. The zero-order chi connectivity index (χ0) is 17.0. The maximum atomic E-state index is 13.1. The van der Waals surface area contributed by atoms with Gasteiger partial charge in [0.25, 0.3) is 5.91 Å². The maximum Gasteiger partial charge on any atom is 0.326 e. The minimum atomic E-state index is -1.24. The maximum absolute atomic E-state index is 13.1. The summed E-state index contributed by atoms with van der Waals surface area (Å²) in [6, 6.07) is 8.04. The molecule has 0 radical (unpaired) electrons. The molecule has 4 nitrogen and oxygen atoms in total. The molecule has 0 fully saturated rings. The molecular formula is C16H12BrF2NO3. The predicted octanol–water partition coefficient (Wildman–Crippen LogP) is 3.15. The smallest absolute Gasteiger partial charge is 0.326 e. The second-order valence-electron chi connectivity index (χ2n) is 4.85. The first-order valence-electron chi connectivity index (χ1n) is 6.59. The number of hydrogen-bond donors (Lipinski definition) is 2. The summed E-state index contributed by atoms with van der Waals surface area (Å²) in [7, 11) is 0. The largest absolute Gasteiger partial charge is 0.480 e. The Bertz CT molecular complexity index is 714. The van der Waals surface area contributed by atoms with Gasteiger partial charge in [-0.05, 0) is 29.8 Å². The third kappa shape index (κ3) is 4.85. The number of amides is 1. The van der Waals surface area contributed by atoms with Crippen LogP contribution in [0.4, 0.5) is 8.78 Å². The molecule has 2 N–H and O–H groups in total. The highest BCUT2D eigenvalue weighted by Gasteiger charge is 2.21. The number of carbonyl (C=O) groups excluding carboxylic acids is 1. The molecule has 0 spiro atoms. The van der Waals surface area contributed by atoms with Crippen molar-refractivity contribution in [1.29, 1.82) is 0 Å². The van der Waals surface area contributed by atoms with E-state index < -0.39 is 29.6 Å². The third-order valence-corrected chi connectivity index (χ3v) is 3.61. The van der Waals surface area contributed by atoms with Crippen molar-refractivity contribution in [2.75, 3.05) is 0 Å². The van der Waals surface area contributed by atoms with Gasteiger partial charge in [-0.1, -0.05) is 28.1 Å². The Hall–Kier alpha value is -2.28. The standard InChI is InChI=1S/C16H12BrF2NO3/c17-11-3-1-9(2-4-11)5-14(16(22)23)20-15(21)10-6-12(18)8-13(19)7-10/h1-4,6-8,14H,5H2,(H,20,21)(H,22,23)/t14-/m0/s1. The topological polar surface area (TPSA) is 66.4 Å². The van der Waals surface area contributed by atoms with Gasteiger partial charge in [0.15, 0.2) is 0 Å². The lowest BCUT2D eigenvalue weighted by Gasteiger charge is -2.15. The van der Waals surface area contributed by atoms with Gasteiger partial charge in [0, 0.05) is 22.5 Å². The molecule has 1 atom stereocenters. The highest BCUT2D eigenvalue weighted by molar-refractivity contribution is 9.10. The lowest BCUT2D eigenvalue weighted by Crippen LogP contribution is -2.42. The number of carboxylic acids is 1. The van der Waals surface area contributed by atoms with Gasteiger partial charge in [-0.15, -0.1) is 0 Å². The fourth-order valence-electron chi connectivity index (χ4n) is 1.98. The Balaban J connectivity index is 2.14. The lowest BCUT2D eigenvalue weighted by atomic mass is 10.1. The van der Waals surface area contributed by atoms with E-state index in [0.717, 1.165) is 16.6 Å². The highest BCUT2D eigenvalue weighted by Crippen LogP contribution is 2.13. The summed E-state index contributed by atoms with van der Waals surface area (Å²) in [5.74, 6) is -3.91. The molecule has 1 amide bonds. The van der Waals surface area contributed by atoms with Crippen molar-refractivity contribution in [2.24, 2.45) is 0 Å². The fraction of sp³-hybridized carbons (Fsp3) is 0.125. The van der Waals surface area contributed by atoms with Crippen molar-refractivity contribution in [3.05, 3.63) is 69.7 Å². The van der Waals surface area contributed by atoms with E-state index in [4.69, 9.17) is 0 Å². The Labute approximate surface area is 139 Å². The first-order chi connectivity index (χ1) is 10.8. The van der Waals surface area contributed by atoms with E-state index in [1.54, 1.807) is 24.3 Å². The monoisotopic (exact) mass is 383 g/mol. The number of carbonyl (C=O) groups is 2. The Morgan fingerprint density at radius 2 is 1.65 bits per heavy atom. The number of rotatable bonds is 5. The molecule has 0 aromatic heterocycles. The molecule has 2 aromatic carbocycles. The molecule has 0 aliphatic carbocycles. The van der Waals surface area contributed by atoms with Crippen LogP contribution in [0, 0.1) is 11.6 Å². The number of halogens is 3. The lowest BCUT2D eigenvalue weighted by molar-refractivity contribution is -0.139. The van der Waals surface area contributed by atoms with Crippen LogP contribution in [-0.2, 0) is 11.2 Å². The fourth-order valence-corrected chi connectivity index (χ4v) is 2.25. The number of nitrogens with one attached hydrogen (secondary N) is 1. The molecule has 0 bridgehead atoms. The van der Waals surface area contributed by atoms with Crippen LogP contribution in [-0.4, -0.2) is 23.0 Å². The molecule has 0 aliphatic rings. The van der Waals surface area contributed by atoms with Crippen LogP contribution in [0.25, 0.3) is 0 Å². The van der Waals surface area contributed by atoms with Gasteiger partial charge in [-0.3, -0.25) is 4.79 Å². The highest BCUT2D eigenvalue weighted by atomic mass is 79.9. The molecule has 0 aliphatic heterocycles. The van der Waals surface area contributed by atoms with E-state index >= 15 is 0 Å². The normalized spacial score (nSPS) is 11.8. The number of benzene rings is 2.